The molecule has 0 aromatic heterocycles. The first-order valence-electron chi connectivity index (χ1n) is 7.56. The van der Waals surface area contributed by atoms with E-state index in [1.165, 1.54) is 16.7 Å². The molecule has 0 aliphatic carbocycles. The smallest absolute Gasteiger partial charge is 0.0233 e. The molecule has 2 rings (SSSR count). The van der Waals surface area contributed by atoms with E-state index >= 15 is 0 Å². The van der Waals surface area contributed by atoms with Crippen LogP contribution in [0.1, 0.15) is 37.0 Å². The summed E-state index contributed by atoms with van der Waals surface area (Å²) in [4.78, 5) is 0. The van der Waals surface area contributed by atoms with E-state index in [1.807, 2.05) is 0 Å². The Balaban J connectivity index is 2.09. The summed E-state index contributed by atoms with van der Waals surface area (Å²) in [6.07, 6.45) is 3.94. The largest absolute Gasteiger partial charge is 0.325 e. The molecule has 0 spiro atoms. The Morgan fingerprint density at radius 2 is 1.25 bits per heavy atom. The third kappa shape index (κ3) is 3.94. The van der Waals surface area contributed by atoms with Crippen molar-refractivity contribution in [1.29, 1.82) is 0 Å². The van der Waals surface area contributed by atoms with Gasteiger partial charge >= 0.3 is 0 Å². The van der Waals surface area contributed by atoms with Crippen LogP contribution in [0.3, 0.4) is 0 Å². The van der Waals surface area contributed by atoms with E-state index in [2.05, 4.69) is 68.4 Å². The zero-order valence-corrected chi connectivity index (χ0v) is 12.6. The van der Waals surface area contributed by atoms with Gasteiger partial charge in [0.1, 0.15) is 0 Å². The molecule has 0 radical (unpaired) electrons. The number of nitrogens with two attached hydrogens (primary N) is 1. The van der Waals surface area contributed by atoms with Crippen LogP contribution >= 0.6 is 0 Å². The summed E-state index contributed by atoms with van der Waals surface area (Å²) in [5.41, 5.74) is 10.5. The molecule has 2 aromatic carbocycles. The third-order valence-corrected chi connectivity index (χ3v) is 4.09. The number of hydrogen-bond donors (Lipinski definition) is 1. The van der Waals surface area contributed by atoms with Crippen LogP contribution in [-0.2, 0) is 19.3 Å². The highest BCUT2D eigenvalue weighted by Crippen LogP contribution is 2.20. The predicted octanol–water partition coefficient (Wildman–Crippen LogP) is 4.14. The van der Waals surface area contributed by atoms with Gasteiger partial charge in [-0.05, 0) is 42.4 Å². The van der Waals surface area contributed by atoms with Crippen LogP contribution in [0.4, 0.5) is 0 Å². The summed E-state index contributed by atoms with van der Waals surface area (Å²) in [5, 5.41) is 0. The van der Waals surface area contributed by atoms with Gasteiger partial charge in [0.15, 0.2) is 0 Å². The highest BCUT2D eigenvalue weighted by Gasteiger charge is 2.23. The molecular weight excluding hydrogens is 242 g/mol. The second-order valence-electron chi connectivity index (χ2n) is 5.73. The number of aryl methyl sites for hydroxylation is 1. The lowest BCUT2D eigenvalue weighted by atomic mass is 9.83. The lowest BCUT2D eigenvalue weighted by Crippen LogP contribution is -2.43. The third-order valence-electron chi connectivity index (χ3n) is 4.09. The van der Waals surface area contributed by atoms with E-state index < -0.39 is 0 Å². The number of rotatable bonds is 6. The lowest BCUT2D eigenvalue weighted by Gasteiger charge is -2.28. The van der Waals surface area contributed by atoms with Crippen LogP contribution in [0.5, 0.6) is 0 Å². The molecule has 0 aliphatic rings. The van der Waals surface area contributed by atoms with Crippen molar-refractivity contribution >= 4 is 0 Å². The van der Waals surface area contributed by atoms with E-state index in [0.717, 1.165) is 25.7 Å². The quantitative estimate of drug-likeness (QED) is 0.836. The zero-order chi connectivity index (χ0) is 14.4. The molecular formula is C19H25N. The van der Waals surface area contributed by atoms with Crippen LogP contribution in [-0.4, -0.2) is 5.54 Å². The van der Waals surface area contributed by atoms with Crippen molar-refractivity contribution in [3.63, 3.8) is 0 Å². The van der Waals surface area contributed by atoms with Gasteiger partial charge in [-0.3, -0.25) is 0 Å². The molecule has 0 fully saturated rings. The van der Waals surface area contributed by atoms with E-state index in [1.54, 1.807) is 0 Å². The van der Waals surface area contributed by atoms with Gasteiger partial charge in [0.25, 0.3) is 0 Å². The Morgan fingerprint density at radius 1 is 0.750 bits per heavy atom. The van der Waals surface area contributed by atoms with Gasteiger partial charge in [-0.25, -0.2) is 0 Å². The first-order chi connectivity index (χ1) is 9.65. The maximum atomic E-state index is 6.63. The molecule has 1 nitrogen and oxygen atoms in total. The molecule has 1 atom stereocenters. The Hall–Kier alpha value is -1.60. The van der Waals surface area contributed by atoms with E-state index in [-0.39, 0.29) is 5.54 Å². The number of hydrogen-bond acceptors (Lipinski definition) is 1. The summed E-state index contributed by atoms with van der Waals surface area (Å²) in [6, 6.07) is 19.4. The minimum absolute atomic E-state index is 0.158. The fraction of sp³-hybridized carbons (Fsp3) is 0.368. The first-order valence-corrected chi connectivity index (χ1v) is 7.56. The molecule has 0 aliphatic heterocycles. The van der Waals surface area contributed by atoms with Gasteiger partial charge in [-0.1, -0.05) is 68.4 Å². The first kappa shape index (κ1) is 14.8. The standard InChI is InChI=1S/C19H25N/c1-3-16-10-12-18(13-11-16)15-19(20,4-2)14-17-8-6-5-7-9-17/h5-13H,3-4,14-15,20H2,1-2H3. The second kappa shape index (κ2) is 6.71. The summed E-state index contributed by atoms with van der Waals surface area (Å²) >= 11 is 0. The molecule has 20 heavy (non-hydrogen) atoms. The summed E-state index contributed by atoms with van der Waals surface area (Å²) in [5.74, 6) is 0. The average molecular weight is 267 g/mol. The molecule has 1 unspecified atom stereocenters. The van der Waals surface area contributed by atoms with Crippen molar-refractivity contribution in [2.24, 2.45) is 5.73 Å². The van der Waals surface area contributed by atoms with Crippen molar-refractivity contribution in [2.45, 2.75) is 45.1 Å². The van der Waals surface area contributed by atoms with Gasteiger partial charge in [0, 0.05) is 5.54 Å². The topological polar surface area (TPSA) is 26.0 Å². The second-order valence-corrected chi connectivity index (χ2v) is 5.73. The minimum atomic E-state index is -0.158. The van der Waals surface area contributed by atoms with Gasteiger partial charge in [0.05, 0.1) is 0 Å². The Kier molecular flexibility index (Phi) is 4.97. The van der Waals surface area contributed by atoms with Crippen LogP contribution in [0.2, 0.25) is 0 Å². The molecule has 0 bridgehead atoms. The van der Waals surface area contributed by atoms with E-state index in [0.29, 0.717) is 0 Å². The van der Waals surface area contributed by atoms with E-state index in [9.17, 15) is 0 Å². The molecule has 0 heterocycles. The molecule has 0 saturated heterocycles. The van der Waals surface area contributed by atoms with Gasteiger partial charge in [0.2, 0.25) is 0 Å². The Bertz CT molecular complexity index is 515. The highest BCUT2D eigenvalue weighted by molar-refractivity contribution is 5.25. The molecule has 0 saturated carbocycles. The SMILES string of the molecule is CCc1ccc(CC(N)(CC)Cc2ccccc2)cc1. The average Bonchev–Trinajstić information content (AvgIpc) is 2.49. The molecule has 2 N–H and O–H groups in total. The van der Waals surface area contributed by atoms with Gasteiger partial charge in [-0.15, -0.1) is 0 Å². The zero-order valence-electron chi connectivity index (χ0n) is 12.6. The Labute approximate surface area is 122 Å². The van der Waals surface area contributed by atoms with Crippen LogP contribution < -0.4 is 5.73 Å². The monoisotopic (exact) mass is 267 g/mol. The lowest BCUT2D eigenvalue weighted by molar-refractivity contribution is 0.404. The minimum Gasteiger partial charge on any atom is -0.325 e. The Morgan fingerprint density at radius 3 is 1.75 bits per heavy atom. The van der Waals surface area contributed by atoms with Crippen LogP contribution in [0.15, 0.2) is 54.6 Å². The van der Waals surface area contributed by atoms with Crippen molar-refractivity contribution in [2.75, 3.05) is 0 Å². The van der Waals surface area contributed by atoms with Crippen molar-refractivity contribution in [3.8, 4) is 0 Å². The summed E-state index contributed by atoms with van der Waals surface area (Å²) < 4.78 is 0. The fourth-order valence-corrected chi connectivity index (χ4v) is 2.61. The molecule has 1 heteroatoms. The normalized spacial score (nSPS) is 13.9. The summed E-state index contributed by atoms with van der Waals surface area (Å²) in [6.45, 7) is 4.37. The van der Waals surface area contributed by atoms with Crippen molar-refractivity contribution in [1.82, 2.24) is 0 Å². The molecule has 2 aromatic rings. The van der Waals surface area contributed by atoms with Gasteiger partial charge < -0.3 is 5.73 Å². The van der Waals surface area contributed by atoms with Crippen molar-refractivity contribution < 1.29 is 0 Å². The number of benzene rings is 2. The van der Waals surface area contributed by atoms with Crippen LogP contribution in [0.25, 0.3) is 0 Å². The van der Waals surface area contributed by atoms with Gasteiger partial charge in [-0.2, -0.15) is 0 Å². The fourth-order valence-electron chi connectivity index (χ4n) is 2.61. The summed E-state index contributed by atoms with van der Waals surface area (Å²) in [7, 11) is 0. The van der Waals surface area contributed by atoms with E-state index in [4.69, 9.17) is 5.73 Å². The maximum absolute atomic E-state index is 6.63. The molecule has 106 valence electrons. The molecule has 0 amide bonds. The predicted molar refractivity (Wildman–Crippen MR) is 86.9 cm³/mol. The van der Waals surface area contributed by atoms with Crippen molar-refractivity contribution in [3.05, 3.63) is 71.3 Å². The highest BCUT2D eigenvalue weighted by atomic mass is 14.7. The van der Waals surface area contributed by atoms with Crippen LogP contribution in [0, 0.1) is 0 Å². The maximum Gasteiger partial charge on any atom is 0.0233 e.